The molecular formula is C15H23N5O2. The van der Waals surface area contributed by atoms with Crippen LogP contribution in [0.25, 0.3) is 0 Å². The first-order valence-corrected chi connectivity index (χ1v) is 7.84. The molecule has 0 radical (unpaired) electrons. The normalized spacial score (nSPS) is 21.7. The average Bonchev–Trinajstić information content (AvgIpc) is 2.62. The molecule has 3 rings (SSSR count). The number of aromatic nitrogens is 2. The van der Waals surface area contributed by atoms with Crippen molar-refractivity contribution in [3.05, 3.63) is 18.5 Å². The van der Waals surface area contributed by atoms with Crippen LogP contribution in [0, 0.1) is 5.41 Å². The molecule has 2 saturated heterocycles. The maximum Gasteiger partial charge on any atom is 0.230 e. The van der Waals surface area contributed by atoms with E-state index < -0.39 is 5.41 Å². The highest BCUT2D eigenvalue weighted by Gasteiger charge is 2.42. The minimum absolute atomic E-state index is 0.187. The zero-order valence-corrected chi connectivity index (χ0v) is 12.8. The Bertz CT molecular complexity index is 496. The van der Waals surface area contributed by atoms with Gasteiger partial charge in [-0.25, -0.2) is 9.97 Å². The molecule has 7 heteroatoms. The lowest BCUT2D eigenvalue weighted by molar-refractivity contribution is -0.147. The van der Waals surface area contributed by atoms with Crippen LogP contribution in [0.5, 0.6) is 0 Å². The van der Waals surface area contributed by atoms with Crippen LogP contribution in [0.4, 0.5) is 5.95 Å². The maximum atomic E-state index is 12.9. The van der Waals surface area contributed by atoms with Crippen LogP contribution < -0.4 is 10.6 Å². The third-order valence-electron chi connectivity index (χ3n) is 4.70. The molecule has 2 N–H and O–H groups in total. The van der Waals surface area contributed by atoms with Gasteiger partial charge >= 0.3 is 0 Å². The number of hydrogen-bond acceptors (Lipinski definition) is 6. The number of nitrogens with two attached hydrogens (primary N) is 1. The molecule has 1 amide bonds. The number of anilines is 1. The topological polar surface area (TPSA) is 84.6 Å². The van der Waals surface area contributed by atoms with Gasteiger partial charge in [-0.2, -0.15) is 0 Å². The second-order valence-electron chi connectivity index (χ2n) is 5.92. The van der Waals surface area contributed by atoms with Crippen LogP contribution in [0.1, 0.15) is 12.8 Å². The fraction of sp³-hybridized carbons (Fsp3) is 0.667. The molecule has 0 saturated carbocycles. The smallest absolute Gasteiger partial charge is 0.230 e. The predicted octanol–water partition coefficient (Wildman–Crippen LogP) is -0.119. The molecule has 1 aromatic heterocycles. The number of ether oxygens (including phenoxy) is 1. The van der Waals surface area contributed by atoms with Crippen LogP contribution in [-0.4, -0.2) is 66.7 Å². The van der Waals surface area contributed by atoms with E-state index in [4.69, 9.17) is 10.5 Å². The fourth-order valence-corrected chi connectivity index (χ4v) is 3.17. The Morgan fingerprint density at radius 3 is 2.41 bits per heavy atom. The predicted molar refractivity (Wildman–Crippen MR) is 82.4 cm³/mol. The Labute approximate surface area is 130 Å². The summed E-state index contributed by atoms with van der Waals surface area (Å²) in [6, 6.07) is 1.80. The highest BCUT2D eigenvalue weighted by molar-refractivity contribution is 5.83. The first-order valence-electron chi connectivity index (χ1n) is 7.84. The van der Waals surface area contributed by atoms with Gasteiger partial charge in [0, 0.05) is 58.3 Å². The Morgan fingerprint density at radius 1 is 1.18 bits per heavy atom. The number of hydrogen-bond donors (Lipinski definition) is 1. The zero-order valence-electron chi connectivity index (χ0n) is 12.8. The Hall–Kier alpha value is -1.73. The van der Waals surface area contributed by atoms with Gasteiger partial charge in [0.2, 0.25) is 11.9 Å². The summed E-state index contributed by atoms with van der Waals surface area (Å²) in [5, 5.41) is 0. The van der Waals surface area contributed by atoms with E-state index in [0.29, 0.717) is 32.8 Å². The molecule has 2 fully saturated rings. The van der Waals surface area contributed by atoms with E-state index in [9.17, 15) is 4.79 Å². The lowest BCUT2D eigenvalue weighted by atomic mass is 9.78. The van der Waals surface area contributed by atoms with Crippen molar-refractivity contribution in [1.82, 2.24) is 14.9 Å². The van der Waals surface area contributed by atoms with E-state index in [1.54, 1.807) is 18.5 Å². The van der Waals surface area contributed by atoms with Crippen molar-refractivity contribution in [2.75, 3.05) is 50.8 Å². The van der Waals surface area contributed by atoms with Crippen molar-refractivity contribution >= 4 is 11.9 Å². The lowest BCUT2D eigenvalue weighted by Gasteiger charge is -2.42. The molecule has 7 nitrogen and oxygen atoms in total. The van der Waals surface area contributed by atoms with E-state index >= 15 is 0 Å². The van der Waals surface area contributed by atoms with Gasteiger partial charge in [-0.15, -0.1) is 0 Å². The number of amides is 1. The van der Waals surface area contributed by atoms with Gasteiger partial charge in [0.15, 0.2) is 0 Å². The van der Waals surface area contributed by atoms with E-state index in [2.05, 4.69) is 14.9 Å². The van der Waals surface area contributed by atoms with Crippen molar-refractivity contribution in [3.63, 3.8) is 0 Å². The van der Waals surface area contributed by atoms with Crippen LogP contribution in [0.2, 0.25) is 0 Å². The van der Waals surface area contributed by atoms with E-state index in [1.165, 1.54) is 0 Å². The summed E-state index contributed by atoms with van der Waals surface area (Å²) in [4.78, 5) is 25.5. The summed E-state index contributed by atoms with van der Waals surface area (Å²) >= 11 is 0. The molecule has 1 aromatic rings. The van der Waals surface area contributed by atoms with Crippen molar-refractivity contribution in [3.8, 4) is 0 Å². The molecule has 0 atom stereocenters. The summed E-state index contributed by atoms with van der Waals surface area (Å²) in [6.45, 7) is 4.55. The largest absolute Gasteiger partial charge is 0.381 e. The summed E-state index contributed by atoms with van der Waals surface area (Å²) in [7, 11) is 0. The monoisotopic (exact) mass is 305 g/mol. The van der Waals surface area contributed by atoms with Crippen LogP contribution in [0.15, 0.2) is 18.5 Å². The summed E-state index contributed by atoms with van der Waals surface area (Å²) in [5.41, 5.74) is 5.50. The number of nitrogens with zero attached hydrogens (tertiary/aromatic N) is 4. The van der Waals surface area contributed by atoms with Crippen molar-refractivity contribution in [1.29, 1.82) is 0 Å². The average molecular weight is 305 g/mol. The summed E-state index contributed by atoms with van der Waals surface area (Å²) < 4.78 is 5.39. The molecule has 0 bridgehead atoms. The van der Waals surface area contributed by atoms with Crippen molar-refractivity contribution in [2.45, 2.75) is 12.8 Å². The molecule has 22 heavy (non-hydrogen) atoms. The third-order valence-corrected chi connectivity index (χ3v) is 4.70. The second kappa shape index (κ2) is 6.58. The molecule has 3 heterocycles. The first-order chi connectivity index (χ1) is 10.7. The van der Waals surface area contributed by atoms with Gasteiger partial charge in [0.25, 0.3) is 0 Å². The van der Waals surface area contributed by atoms with Gasteiger partial charge in [0.05, 0.1) is 5.41 Å². The Balaban J connectivity index is 1.62. The lowest BCUT2D eigenvalue weighted by Crippen LogP contribution is -2.56. The number of carbonyl (C=O) groups is 1. The molecule has 0 aliphatic carbocycles. The number of carbonyl (C=O) groups excluding carboxylic acids is 1. The maximum absolute atomic E-state index is 12.9. The molecule has 2 aliphatic rings. The third kappa shape index (κ3) is 2.91. The minimum Gasteiger partial charge on any atom is -0.381 e. The van der Waals surface area contributed by atoms with Crippen LogP contribution in [-0.2, 0) is 9.53 Å². The van der Waals surface area contributed by atoms with E-state index in [1.807, 2.05) is 4.90 Å². The first kappa shape index (κ1) is 15.2. The number of piperazine rings is 1. The molecule has 0 unspecified atom stereocenters. The van der Waals surface area contributed by atoms with Crippen molar-refractivity contribution in [2.24, 2.45) is 11.1 Å². The van der Waals surface area contributed by atoms with Crippen LogP contribution >= 0.6 is 0 Å². The SMILES string of the molecule is NCC1(C(=O)N2CCN(c3ncccn3)CC2)CCOCC1. The highest BCUT2D eigenvalue weighted by atomic mass is 16.5. The summed E-state index contributed by atoms with van der Waals surface area (Å²) in [6.07, 6.45) is 4.94. The molecule has 0 aromatic carbocycles. The Morgan fingerprint density at radius 2 is 1.82 bits per heavy atom. The van der Waals surface area contributed by atoms with Gasteiger partial charge in [-0.3, -0.25) is 4.79 Å². The number of rotatable bonds is 3. The van der Waals surface area contributed by atoms with Crippen molar-refractivity contribution < 1.29 is 9.53 Å². The van der Waals surface area contributed by atoms with E-state index in [-0.39, 0.29) is 5.91 Å². The molecule has 2 aliphatic heterocycles. The zero-order chi connectivity index (χ0) is 15.4. The quantitative estimate of drug-likeness (QED) is 0.838. The second-order valence-corrected chi connectivity index (χ2v) is 5.92. The highest BCUT2D eigenvalue weighted by Crippen LogP contribution is 2.32. The standard InChI is InChI=1S/C15H23N5O2/c16-12-15(2-10-22-11-3-15)13(21)19-6-8-20(9-7-19)14-17-4-1-5-18-14/h1,4-5H,2-3,6-12,16H2. The van der Waals surface area contributed by atoms with E-state index in [0.717, 1.165) is 31.9 Å². The molecular weight excluding hydrogens is 282 g/mol. The molecule has 0 spiro atoms. The van der Waals surface area contributed by atoms with Gasteiger partial charge in [-0.05, 0) is 18.9 Å². The van der Waals surface area contributed by atoms with Gasteiger partial charge < -0.3 is 20.3 Å². The minimum atomic E-state index is -0.427. The Kier molecular flexibility index (Phi) is 4.54. The molecule has 120 valence electrons. The summed E-state index contributed by atoms with van der Waals surface area (Å²) in [5.74, 6) is 0.918. The van der Waals surface area contributed by atoms with Gasteiger partial charge in [0.1, 0.15) is 0 Å². The fourth-order valence-electron chi connectivity index (χ4n) is 3.17. The van der Waals surface area contributed by atoms with Gasteiger partial charge in [-0.1, -0.05) is 0 Å². The van der Waals surface area contributed by atoms with Crippen LogP contribution in [0.3, 0.4) is 0 Å².